The van der Waals surface area contributed by atoms with Crippen molar-refractivity contribution in [2.45, 2.75) is 58.7 Å². The van der Waals surface area contributed by atoms with Gasteiger partial charge in [0, 0.05) is 31.6 Å². The molecule has 10 heteroatoms. The molecule has 0 aliphatic rings. The summed E-state index contributed by atoms with van der Waals surface area (Å²) in [6.07, 6.45) is 1.79. The summed E-state index contributed by atoms with van der Waals surface area (Å²) in [6.45, 7) is 5.59. The van der Waals surface area contributed by atoms with Gasteiger partial charge in [0.2, 0.25) is 21.8 Å². The van der Waals surface area contributed by atoms with Gasteiger partial charge in [-0.2, -0.15) is 0 Å². The van der Waals surface area contributed by atoms with Gasteiger partial charge in [0.25, 0.3) is 0 Å². The number of carbonyl (C=O) groups excluding carboxylic acids is 2. The zero-order valence-corrected chi connectivity index (χ0v) is 21.3. The molecule has 0 spiro atoms. The Morgan fingerprint density at radius 1 is 1.03 bits per heavy atom. The topological polar surface area (TPSA) is 86.8 Å². The van der Waals surface area contributed by atoms with Gasteiger partial charge in [-0.05, 0) is 44.4 Å². The van der Waals surface area contributed by atoms with Crippen molar-refractivity contribution in [3.63, 3.8) is 0 Å². The third kappa shape index (κ3) is 8.31. The SMILES string of the molecule is CC[C@H](C)NC(=O)[C@@H](C)N(Cc1ccccc1)C(=O)CCCN(c1ccc(F)c(F)c1)S(C)(=O)=O. The molecule has 0 fully saturated rings. The normalized spacial score (nSPS) is 13.1. The second-order valence-corrected chi connectivity index (χ2v) is 10.4. The van der Waals surface area contributed by atoms with Crippen LogP contribution in [0.15, 0.2) is 48.5 Å². The lowest BCUT2D eigenvalue weighted by molar-refractivity contribution is -0.140. The van der Waals surface area contributed by atoms with Crippen LogP contribution in [0.4, 0.5) is 14.5 Å². The number of carbonyl (C=O) groups is 2. The zero-order chi connectivity index (χ0) is 26.2. The molecule has 2 atom stereocenters. The number of hydrogen-bond donors (Lipinski definition) is 1. The second-order valence-electron chi connectivity index (χ2n) is 8.54. The largest absolute Gasteiger partial charge is 0.352 e. The highest BCUT2D eigenvalue weighted by Crippen LogP contribution is 2.21. The molecule has 0 aliphatic heterocycles. The summed E-state index contributed by atoms with van der Waals surface area (Å²) in [7, 11) is -3.81. The summed E-state index contributed by atoms with van der Waals surface area (Å²) in [5.41, 5.74) is 0.824. The summed E-state index contributed by atoms with van der Waals surface area (Å²) in [5, 5.41) is 2.89. The lowest BCUT2D eigenvalue weighted by Crippen LogP contribution is -2.49. The maximum Gasteiger partial charge on any atom is 0.242 e. The lowest BCUT2D eigenvalue weighted by Gasteiger charge is -2.30. The molecule has 0 saturated carbocycles. The summed E-state index contributed by atoms with van der Waals surface area (Å²) in [4.78, 5) is 27.4. The predicted molar refractivity (Wildman–Crippen MR) is 132 cm³/mol. The highest BCUT2D eigenvalue weighted by Gasteiger charge is 2.27. The smallest absolute Gasteiger partial charge is 0.242 e. The molecule has 0 radical (unpaired) electrons. The number of hydrogen-bond acceptors (Lipinski definition) is 4. The highest BCUT2D eigenvalue weighted by atomic mass is 32.2. The van der Waals surface area contributed by atoms with Gasteiger partial charge in [-0.3, -0.25) is 13.9 Å². The number of nitrogens with one attached hydrogen (secondary N) is 1. The summed E-state index contributed by atoms with van der Waals surface area (Å²) >= 11 is 0. The maximum atomic E-state index is 13.7. The van der Waals surface area contributed by atoms with Gasteiger partial charge in [-0.15, -0.1) is 0 Å². The Labute approximate surface area is 206 Å². The van der Waals surface area contributed by atoms with Gasteiger partial charge in [-0.1, -0.05) is 37.3 Å². The first-order valence-corrected chi connectivity index (χ1v) is 13.3. The van der Waals surface area contributed by atoms with E-state index in [1.54, 1.807) is 6.92 Å². The number of benzene rings is 2. The summed E-state index contributed by atoms with van der Waals surface area (Å²) in [6, 6.07) is 11.3. The van der Waals surface area contributed by atoms with E-state index in [9.17, 15) is 26.8 Å². The highest BCUT2D eigenvalue weighted by molar-refractivity contribution is 7.92. The van der Waals surface area contributed by atoms with Crippen LogP contribution in [-0.2, 0) is 26.2 Å². The van der Waals surface area contributed by atoms with Crippen LogP contribution in [0.5, 0.6) is 0 Å². The molecule has 0 bridgehead atoms. The van der Waals surface area contributed by atoms with Gasteiger partial charge in [0.15, 0.2) is 11.6 Å². The third-order valence-corrected chi connectivity index (χ3v) is 6.90. The number of sulfonamides is 1. The molecular formula is C25H33F2N3O4S. The summed E-state index contributed by atoms with van der Waals surface area (Å²) < 4.78 is 52.4. The van der Waals surface area contributed by atoms with Gasteiger partial charge >= 0.3 is 0 Å². The molecule has 2 amide bonds. The number of anilines is 1. The van der Waals surface area contributed by atoms with E-state index in [0.29, 0.717) is 0 Å². The van der Waals surface area contributed by atoms with Gasteiger partial charge < -0.3 is 10.2 Å². The molecule has 0 aromatic heterocycles. The van der Waals surface area contributed by atoms with E-state index in [0.717, 1.165) is 34.7 Å². The quantitative estimate of drug-likeness (QED) is 0.471. The number of rotatable bonds is 12. The maximum absolute atomic E-state index is 13.7. The van der Waals surface area contributed by atoms with Gasteiger partial charge in [0.1, 0.15) is 6.04 Å². The Balaban J connectivity index is 2.16. The van der Waals surface area contributed by atoms with Crippen LogP contribution in [0.2, 0.25) is 0 Å². The molecule has 2 rings (SSSR count). The zero-order valence-electron chi connectivity index (χ0n) is 20.5. The van der Waals surface area contributed by atoms with E-state index < -0.39 is 27.7 Å². The fraction of sp³-hybridized carbons (Fsp3) is 0.440. The average molecular weight is 510 g/mol. The molecule has 2 aromatic carbocycles. The minimum atomic E-state index is -3.81. The molecule has 192 valence electrons. The molecule has 1 N–H and O–H groups in total. The van der Waals surface area contributed by atoms with E-state index in [-0.39, 0.29) is 49.5 Å². The van der Waals surface area contributed by atoms with E-state index in [1.807, 2.05) is 44.2 Å². The van der Waals surface area contributed by atoms with E-state index in [4.69, 9.17) is 0 Å². The van der Waals surface area contributed by atoms with Crippen molar-refractivity contribution < 1.29 is 26.8 Å². The van der Waals surface area contributed by atoms with Crippen molar-refractivity contribution in [2.24, 2.45) is 0 Å². The van der Waals surface area contributed by atoms with Crippen molar-refractivity contribution in [3.8, 4) is 0 Å². The van der Waals surface area contributed by atoms with Crippen molar-refractivity contribution >= 4 is 27.5 Å². The van der Waals surface area contributed by atoms with E-state index >= 15 is 0 Å². The summed E-state index contributed by atoms with van der Waals surface area (Å²) in [5.74, 6) is -2.84. The molecular weight excluding hydrogens is 476 g/mol. The number of halogens is 2. The van der Waals surface area contributed by atoms with Gasteiger partial charge in [0.05, 0.1) is 11.9 Å². The molecule has 0 unspecified atom stereocenters. The minimum Gasteiger partial charge on any atom is -0.352 e. The number of nitrogens with zero attached hydrogens (tertiary/aromatic N) is 2. The first-order valence-electron chi connectivity index (χ1n) is 11.5. The third-order valence-electron chi connectivity index (χ3n) is 5.71. The van der Waals surface area contributed by atoms with Crippen LogP contribution in [0.3, 0.4) is 0 Å². The average Bonchev–Trinajstić information content (AvgIpc) is 2.81. The van der Waals surface area contributed by atoms with Gasteiger partial charge in [-0.25, -0.2) is 17.2 Å². The standard InChI is InChI=1S/C25H33F2N3O4S/c1-5-18(2)28-25(32)19(3)29(17-20-10-7-6-8-11-20)24(31)12-9-15-30(35(4,33)34)21-13-14-22(26)23(27)16-21/h6-8,10-11,13-14,16,18-19H,5,9,12,15,17H2,1-4H3,(H,28,32)/t18-,19+/m0/s1. The van der Waals surface area contributed by atoms with Crippen LogP contribution in [0, 0.1) is 11.6 Å². The Morgan fingerprint density at radius 3 is 2.26 bits per heavy atom. The predicted octanol–water partition coefficient (Wildman–Crippen LogP) is 3.84. The van der Waals surface area contributed by atoms with Crippen LogP contribution in [0.25, 0.3) is 0 Å². The molecule has 0 heterocycles. The first kappa shape index (κ1) is 28.2. The Kier molecular flexibility index (Phi) is 10.2. The fourth-order valence-corrected chi connectivity index (χ4v) is 4.43. The van der Waals surface area contributed by atoms with Crippen LogP contribution < -0.4 is 9.62 Å². The Hall–Kier alpha value is -3.01. The van der Waals surface area contributed by atoms with Crippen molar-refractivity contribution in [2.75, 3.05) is 17.1 Å². The molecule has 35 heavy (non-hydrogen) atoms. The van der Waals surface area contributed by atoms with E-state index in [1.165, 1.54) is 11.0 Å². The monoisotopic (exact) mass is 509 g/mol. The lowest BCUT2D eigenvalue weighted by atomic mass is 10.1. The van der Waals surface area contributed by atoms with Crippen LogP contribution >= 0.6 is 0 Å². The van der Waals surface area contributed by atoms with Crippen LogP contribution in [-0.4, -0.2) is 50.0 Å². The fourth-order valence-electron chi connectivity index (χ4n) is 3.47. The number of amides is 2. The molecule has 0 saturated heterocycles. The second kappa shape index (κ2) is 12.6. The van der Waals surface area contributed by atoms with E-state index in [2.05, 4.69) is 5.32 Å². The van der Waals surface area contributed by atoms with Crippen molar-refractivity contribution in [1.82, 2.24) is 10.2 Å². The minimum absolute atomic E-state index is 0.0266. The Bertz CT molecular complexity index is 1110. The molecule has 7 nitrogen and oxygen atoms in total. The molecule has 0 aliphatic carbocycles. The Morgan fingerprint density at radius 2 is 1.69 bits per heavy atom. The molecule has 2 aromatic rings. The van der Waals surface area contributed by atoms with Crippen molar-refractivity contribution in [3.05, 3.63) is 65.7 Å². The van der Waals surface area contributed by atoms with Crippen LogP contribution in [0.1, 0.15) is 45.6 Å². The van der Waals surface area contributed by atoms with Crippen molar-refractivity contribution in [1.29, 1.82) is 0 Å². The first-order chi connectivity index (χ1) is 16.4.